The molecule has 6 heteroatoms. The lowest BCUT2D eigenvalue weighted by atomic mass is 9.85. The van der Waals surface area contributed by atoms with Gasteiger partial charge in [-0.25, -0.2) is 0 Å². The SMILES string of the molecule is COCCN1CC(=O)N2C(c3ccccc3C)c3[nH]c4ccccc4c3C[C@H]2C1=O. The van der Waals surface area contributed by atoms with Gasteiger partial charge in [-0.3, -0.25) is 9.59 Å². The van der Waals surface area contributed by atoms with Crippen molar-refractivity contribution in [3.8, 4) is 0 Å². The van der Waals surface area contributed by atoms with Gasteiger partial charge in [0.1, 0.15) is 6.04 Å². The number of ether oxygens (including phenoxy) is 1. The summed E-state index contributed by atoms with van der Waals surface area (Å²) in [4.78, 5) is 33.8. The van der Waals surface area contributed by atoms with E-state index in [-0.39, 0.29) is 24.4 Å². The van der Waals surface area contributed by atoms with Crippen LogP contribution in [0.3, 0.4) is 0 Å². The normalized spacial score (nSPS) is 21.1. The molecule has 2 amide bonds. The molecule has 30 heavy (non-hydrogen) atoms. The van der Waals surface area contributed by atoms with Gasteiger partial charge in [0, 0.05) is 36.7 Å². The van der Waals surface area contributed by atoms with Crippen molar-refractivity contribution in [1.29, 1.82) is 0 Å². The van der Waals surface area contributed by atoms with Crippen LogP contribution in [-0.2, 0) is 20.7 Å². The Morgan fingerprint density at radius 1 is 1.10 bits per heavy atom. The van der Waals surface area contributed by atoms with Gasteiger partial charge in [0.2, 0.25) is 11.8 Å². The van der Waals surface area contributed by atoms with Crippen molar-refractivity contribution < 1.29 is 14.3 Å². The highest BCUT2D eigenvalue weighted by atomic mass is 16.5. The summed E-state index contributed by atoms with van der Waals surface area (Å²) in [6, 6.07) is 15.5. The Hall–Kier alpha value is -3.12. The van der Waals surface area contributed by atoms with Gasteiger partial charge in [-0.1, -0.05) is 42.5 Å². The zero-order chi connectivity index (χ0) is 20.8. The molecule has 5 rings (SSSR count). The van der Waals surface area contributed by atoms with Crippen LogP contribution in [0, 0.1) is 6.92 Å². The molecule has 0 saturated carbocycles. The lowest BCUT2D eigenvalue weighted by Crippen LogP contribution is -2.63. The summed E-state index contributed by atoms with van der Waals surface area (Å²) >= 11 is 0. The van der Waals surface area contributed by atoms with Crippen molar-refractivity contribution in [1.82, 2.24) is 14.8 Å². The van der Waals surface area contributed by atoms with E-state index < -0.39 is 6.04 Å². The van der Waals surface area contributed by atoms with Crippen molar-refractivity contribution in [2.24, 2.45) is 0 Å². The number of H-pyrrole nitrogens is 1. The fourth-order valence-corrected chi connectivity index (χ4v) is 4.93. The van der Waals surface area contributed by atoms with Gasteiger partial charge in [-0.05, 0) is 29.7 Å². The second-order valence-electron chi connectivity index (χ2n) is 8.10. The maximum Gasteiger partial charge on any atom is 0.246 e. The number of carbonyl (C=O) groups is 2. The minimum absolute atomic E-state index is 0.00108. The van der Waals surface area contributed by atoms with Gasteiger partial charge in [0.05, 0.1) is 19.2 Å². The first kappa shape index (κ1) is 18.9. The molecule has 2 aromatic carbocycles. The fourth-order valence-electron chi connectivity index (χ4n) is 4.93. The molecule has 1 fully saturated rings. The molecule has 1 saturated heterocycles. The fraction of sp³-hybridized carbons (Fsp3) is 0.333. The smallest absolute Gasteiger partial charge is 0.246 e. The van der Waals surface area contributed by atoms with Gasteiger partial charge >= 0.3 is 0 Å². The molecule has 1 unspecified atom stereocenters. The number of piperazine rings is 1. The van der Waals surface area contributed by atoms with Crippen LogP contribution in [0.15, 0.2) is 48.5 Å². The summed E-state index contributed by atoms with van der Waals surface area (Å²) < 4.78 is 5.15. The summed E-state index contributed by atoms with van der Waals surface area (Å²) in [5.74, 6) is -0.0190. The first-order valence-electron chi connectivity index (χ1n) is 10.3. The summed E-state index contributed by atoms with van der Waals surface area (Å²) in [5.41, 5.74) is 5.36. The number of methoxy groups -OCH3 is 1. The predicted octanol–water partition coefficient (Wildman–Crippen LogP) is 2.81. The minimum atomic E-state index is -0.501. The number of carbonyl (C=O) groups excluding carboxylic acids is 2. The summed E-state index contributed by atoms with van der Waals surface area (Å²) in [5, 5.41) is 1.12. The van der Waals surface area contributed by atoms with E-state index in [1.807, 2.05) is 29.2 Å². The Bertz CT molecular complexity index is 1140. The Balaban J connectivity index is 1.68. The number of hydrogen-bond acceptors (Lipinski definition) is 3. The highest BCUT2D eigenvalue weighted by Gasteiger charge is 2.48. The zero-order valence-corrected chi connectivity index (χ0v) is 17.2. The number of aromatic amines is 1. The molecule has 0 radical (unpaired) electrons. The van der Waals surface area contributed by atoms with E-state index in [1.165, 1.54) is 0 Å². The number of benzene rings is 2. The average Bonchev–Trinajstić information content (AvgIpc) is 3.13. The first-order valence-corrected chi connectivity index (χ1v) is 10.3. The second-order valence-corrected chi connectivity index (χ2v) is 8.10. The van der Waals surface area contributed by atoms with E-state index in [0.29, 0.717) is 19.6 Å². The van der Waals surface area contributed by atoms with E-state index in [1.54, 1.807) is 12.0 Å². The van der Waals surface area contributed by atoms with Crippen molar-refractivity contribution in [2.75, 3.05) is 26.8 Å². The maximum absolute atomic E-state index is 13.4. The lowest BCUT2D eigenvalue weighted by molar-refractivity contribution is -0.159. The molecule has 0 spiro atoms. The number of rotatable bonds is 4. The number of aromatic nitrogens is 1. The topological polar surface area (TPSA) is 65.6 Å². The third kappa shape index (κ3) is 2.82. The highest BCUT2D eigenvalue weighted by Crippen LogP contribution is 2.43. The number of nitrogens with one attached hydrogen (secondary N) is 1. The highest BCUT2D eigenvalue weighted by molar-refractivity contribution is 5.97. The predicted molar refractivity (Wildman–Crippen MR) is 114 cm³/mol. The van der Waals surface area contributed by atoms with E-state index >= 15 is 0 Å². The van der Waals surface area contributed by atoms with E-state index in [4.69, 9.17) is 4.74 Å². The van der Waals surface area contributed by atoms with Gasteiger partial charge in [0.25, 0.3) is 0 Å². The Morgan fingerprint density at radius 2 is 1.87 bits per heavy atom. The number of nitrogens with zero attached hydrogens (tertiary/aromatic N) is 2. The van der Waals surface area contributed by atoms with E-state index in [9.17, 15) is 9.59 Å². The van der Waals surface area contributed by atoms with Crippen molar-refractivity contribution in [3.63, 3.8) is 0 Å². The third-order valence-electron chi connectivity index (χ3n) is 6.39. The van der Waals surface area contributed by atoms with Gasteiger partial charge in [-0.2, -0.15) is 0 Å². The lowest BCUT2D eigenvalue weighted by Gasteiger charge is -2.47. The monoisotopic (exact) mass is 403 g/mol. The quantitative estimate of drug-likeness (QED) is 0.729. The molecule has 6 nitrogen and oxygen atoms in total. The number of fused-ring (bicyclic) bond motifs is 4. The summed E-state index contributed by atoms with van der Waals surface area (Å²) in [6.07, 6.45) is 0.524. The van der Waals surface area contributed by atoms with Crippen LogP contribution in [0.1, 0.15) is 28.4 Å². The molecule has 1 N–H and O–H groups in total. The van der Waals surface area contributed by atoms with Crippen LogP contribution in [0.5, 0.6) is 0 Å². The number of para-hydroxylation sites is 1. The van der Waals surface area contributed by atoms with E-state index in [0.717, 1.165) is 33.3 Å². The van der Waals surface area contributed by atoms with Gasteiger partial charge < -0.3 is 19.5 Å². The molecule has 154 valence electrons. The number of hydrogen-bond donors (Lipinski definition) is 1. The second kappa shape index (κ2) is 7.29. The summed E-state index contributed by atoms with van der Waals surface area (Å²) in [7, 11) is 1.61. The van der Waals surface area contributed by atoms with Crippen LogP contribution in [-0.4, -0.2) is 59.4 Å². The van der Waals surface area contributed by atoms with E-state index in [2.05, 4.69) is 36.2 Å². The van der Waals surface area contributed by atoms with Crippen molar-refractivity contribution in [2.45, 2.75) is 25.4 Å². The maximum atomic E-state index is 13.4. The molecular weight excluding hydrogens is 378 g/mol. The molecule has 2 aliphatic heterocycles. The molecule has 0 aliphatic carbocycles. The molecule has 3 heterocycles. The Labute approximate surface area is 175 Å². The van der Waals surface area contributed by atoms with Crippen LogP contribution in [0.25, 0.3) is 10.9 Å². The average molecular weight is 403 g/mol. The van der Waals surface area contributed by atoms with Crippen LogP contribution >= 0.6 is 0 Å². The minimum Gasteiger partial charge on any atom is -0.383 e. The van der Waals surface area contributed by atoms with Crippen molar-refractivity contribution >= 4 is 22.7 Å². The molecule has 3 aromatic rings. The molecule has 2 atom stereocenters. The molecule has 2 aliphatic rings. The Kier molecular flexibility index (Phi) is 4.59. The standard InChI is InChI=1S/C24H25N3O3/c1-15-7-3-4-8-16(15)23-22-18(17-9-5-6-10-19(17)25-22)13-20-24(29)26(11-12-30-2)14-21(28)27(20)23/h3-10,20,23,25H,11-14H2,1-2H3/t20-,23?/m0/s1. The Morgan fingerprint density at radius 3 is 2.67 bits per heavy atom. The molecular formula is C24H25N3O3. The van der Waals surface area contributed by atoms with Gasteiger partial charge in [-0.15, -0.1) is 0 Å². The summed E-state index contributed by atoms with van der Waals surface area (Å²) in [6.45, 7) is 3.01. The van der Waals surface area contributed by atoms with Gasteiger partial charge in [0.15, 0.2) is 0 Å². The van der Waals surface area contributed by atoms with Crippen LogP contribution < -0.4 is 0 Å². The van der Waals surface area contributed by atoms with Crippen LogP contribution in [0.2, 0.25) is 0 Å². The number of aryl methyl sites for hydroxylation is 1. The molecule has 0 bridgehead atoms. The molecule has 1 aromatic heterocycles. The third-order valence-corrected chi connectivity index (χ3v) is 6.39. The zero-order valence-electron chi connectivity index (χ0n) is 17.2. The largest absolute Gasteiger partial charge is 0.383 e. The number of amides is 2. The first-order chi connectivity index (χ1) is 14.6. The van der Waals surface area contributed by atoms with Crippen LogP contribution in [0.4, 0.5) is 0 Å². The van der Waals surface area contributed by atoms with Crippen molar-refractivity contribution in [3.05, 3.63) is 70.9 Å².